The fraction of sp³-hybridized carbons (Fsp3) is 0.412. The van der Waals surface area contributed by atoms with Crippen LogP contribution in [0, 0.1) is 0 Å². The molecule has 0 spiro atoms. The Balaban J connectivity index is 2.95. The number of hydrogen-bond acceptors (Lipinski definition) is 6. The number of unbranched alkanes of at least 4 members (excludes halogenated alkanes) is 1. The van der Waals surface area contributed by atoms with E-state index in [0.717, 1.165) is 12.8 Å². The van der Waals surface area contributed by atoms with E-state index >= 15 is 0 Å². The van der Waals surface area contributed by atoms with E-state index in [4.69, 9.17) is 18.9 Å². The number of rotatable bonds is 8. The summed E-state index contributed by atoms with van der Waals surface area (Å²) in [6.45, 7) is 3.71. The first-order valence-electron chi connectivity index (χ1n) is 7.31. The van der Waals surface area contributed by atoms with Gasteiger partial charge in [0.05, 0.1) is 20.8 Å². The maximum absolute atomic E-state index is 11.6. The maximum Gasteiger partial charge on any atom is 0.330 e. The number of methoxy groups -OCH3 is 2. The Hall–Kier alpha value is -2.50. The molecule has 0 N–H and O–H groups in total. The second-order valence-corrected chi connectivity index (χ2v) is 4.70. The molecule has 0 atom stereocenters. The Kier molecular flexibility index (Phi) is 7.66. The van der Waals surface area contributed by atoms with Gasteiger partial charge >= 0.3 is 11.9 Å². The molecular weight excluding hydrogens is 300 g/mol. The van der Waals surface area contributed by atoms with Crippen LogP contribution in [-0.2, 0) is 14.3 Å². The molecule has 23 heavy (non-hydrogen) atoms. The molecule has 0 saturated carbocycles. The zero-order chi connectivity index (χ0) is 17.2. The fourth-order valence-electron chi connectivity index (χ4n) is 1.77. The quantitative estimate of drug-likeness (QED) is 0.317. The third kappa shape index (κ3) is 6.02. The lowest BCUT2D eigenvalue weighted by atomic mass is 10.1. The highest BCUT2D eigenvalue weighted by Crippen LogP contribution is 2.39. The molecule has 0 radical (unpaired) electrons. The average Bonchev–Trinajstić information content (AvgIpc) is 2.53. The van der Waals surface area contributed by atoms with Gasteiger partial charge < -0.3 is 18.9 Å². The van der Waals surface area contributed by atoms with Crippen LogP contribution >= 0.6 is 0 Å². The molecule has 0 unspecified atom stereocenters. The van der Waals surface area contributed by atoms with Crippen LogP contribution in [0.15, 0.2) is 18.2 Å². The molecule has 1 rings (SSSR count). The van der Waals surface area contributed by atoms with E-state index < -0.39 is 11.9 Å². The van der Waals surface area contributed by atoms with Gasteiger partial charge in [0.25, 0.3) is 0 Å². The highest BCUT2D eigenvalue weighted by Gasteiger charge is 2.15. The summed E-state index contributed by atoms with van der Waals surface area (Å²) in [6.07, 6.45) is 4.70. The monoisotopic (exact) mass is 322 g/mol. The number of esters is 2. The predicted octanol–water partition coefficient (Wildman–Crippen LogP) is 2.99. The summed E-state index contributed by atoms with van der Waals surface area (Å²) >= 11 is 0. The molecule has 0 heterocycles. The van der Waals surface area contributed by atoms with Crippen molar-refractivity contribution < 1.29 is 28.5 Å². The molecule has 6 nitrogen and oxygen atoms in total. The minimum atomic E-state index is -0.482. The van der Waals surface area contributed by atoms with Crippen molar-refractivity contribution in [2.75, 3.05) is 20.8 Å². The van der Waals surface area contributed by atoms with Crippen molar-refractivity contribution in [3.8, 4) is 17.2 Å². The van der Waals surface area contributed by atoms with E-state index in [1.54, 1.807) is 18.2 Å². The van der Waals surface area contributed by atoms with Crippen molar-refractivity contribution in [2.24, 2.45) is 0 Å². The van der Waals surface area contributed by atoms with Gasteiger partial charge in [0.15, 0.2) is 11.5 Å². The predicted molar refractivity (Wildman–Crippen MR) is 85.8 cm³/mol. The Morgan fingerprint density at radius 3 is 2.22 bits per heavy atom. The van der Waals surface area contributed by atoms with Crippen LogP contribution in [0.3, 0.4) is 0 Å². The van der Waals surface area contributed by atoms with Gasteiger partial charge in [-0.05, 0) is 30.2 Å². The van der Waals surface area contributed by atoms with E-state index in [1.807, 2.05) is 6.92 Å². The van der Waals surface area contributed by atoms with Crippen molar-refractivity contribution in [3.05, 3.63) is 23.8 Å². The summed E-state index contributed by atoms with van der Waals surface area (Å²) in [5, 5.41) is 0. The fourth-order valence-corrected chi connectivity index (χ4v) is 1.77. The molecule has 6 heteroatoms. The lowest BCUT2D eigenvalue weighted by molar-refractivity contribution is -0.137. The lowest BCUT2D eigenvalue weighted by Crippen LogP contribution is -2.05. The van der Waals surface area contributed by atoms with Crippen LogP contribution in [0.2, 0.25) is 0 Å². The van der Waals surface area contributed by atoms with Crippen molar-refractivity contribution in [1.82, 2.24) is 0 Å². The summed E-state index contributed by atoms with van der Waals surface area (Å²) in [6, 6.07) is 3.27. The largest absolute Gasteiger partial charge is 0.493 e. The van der Waals surface area contributed by atoms with Gasteiger partial charge in [0, 0.05) is 13.0 Å². The van der Waals surface area contributed by atoms with E-state index in [0.29, 0.717) is 23.7 Å². The third-order valence-electron chi connectivity index (χ3n) is 2.88. The molecule has 1 aromatic carbocycles. The Labute approximate surface area is 136 Å². The van der Waals surface area contributed by atoms with Crippen molar-refractivity contribution in [3.63, 3.8) is 0 Å². The molecule has 0 aliphatic rings. The summed E-state index contributed by atoms with van der Waals surface area (Å²) in [5.74, 6) is -0.0351. The summed E-state index contributed by atoms with van der Waals surface area (Å²) in [7, 11) is 2.91. The second kappa shape index (κ2) is 9.50. The smallest absolute Gasteiger partial charge is 0.330 e. The summed E-state index contributed by atoms with van der Waals surface area (Å²) < 4.78 is 20.6. The standard InChI is InChI=1S/C17H22O6/c1-5-6-9-22-16(19)8-7-13-10-14(20-3)17(23-12(2)18)15(11-13)21-4/h7-8,10-11H,5-6,9H2,1-4H3/b8-7+. The highest BCUT2D eigenvalue weighted by atomic mass is 16.6. The van der Waals surface area contributed by atoms with Crippen LogP contribution in [0.25, 0.3) is 6.08 Å². The number of carbonyl (C=O) groups is 2. The Morgan fingerprint density at radius 2 is 1.74 bits per heavy atom. The average molecular weight is 322 g/mol. The Bertz CT molecular complexity index is 551. The zero-order valence-electron chi connectivity index (χ0n) is 13.9. The van der Waals surface area contributed by atoms with Crippen LogP contribution in [-0.4, -0.2) is 32.8 Å². The normalized spacial score (nSPS) is 10.4. The van der Waals surface area contributed by atoms with E-state index in [9.17, 15) is 9.59 Å². The molecule has 0 bridgehead atoms. The van der Waals surface area contributed by atoms with Crippen molar-refractivity contribution in [1.29, 1.82) is 0 Å². The van der Waals surface area contributed by atoms with Crippen LogP contribution in [0.1, 0.15) is 32.3 Å². The zero-order valence-corrected chi connectivity index (χ0v) is 13.9. The van der Waals surface area contributed by atoms with Gasteiger partial charge in [-0.25, -0.2) is 4.79 Å². The van der Waals surface area contributed by atoms with E-state index in [2.05, 4.69) is 0 Å². The number of ether oxygens (including phenoxy) is 4. The van der Waals surface area contributed by atoms with Crippen LogP contribution in [0.4, 0.5) is 0 Å². The van der Waals surface area contributed by atoms with Gasteiger partial charge in [0.2, 0.25) is 5.75 Å². The number of carbonyl (C=O) groups excluding carboxylic acids is 2. The molecule has 0 saturated heterocycles. The van der Waals surface area contributed by atoms with Gasteiger partial charge in [-0.1, -0.05) is 13.3 Å². The topological polar surface area (TPSA) is 71.1 Å². The molecule has 0 fully saturated rings. The highest BCUT2D eigenvalue weighted by molar-refractivity contribution is 5.87. The van der Waals surface area contributed by atoms with Crippen molar-refractivity contribution >= 4 is 18.0 Å². The van der Waals surface area contributed by atoms with Gasteiger partial charge in [-0.15, -0.1) is 0 Å². The Morgan fingerprint density at radius 1 is 1.13 bits per heavy atom. The maximum atomic E-state index is 11.6. The second-order valence-electron chi connectivity index (χ2n) is 4.70. The number of benzene rings is 1. The third-order valence-corrected chi connectivity index (χ3v) is 2.88. The summed E-state index contributed by atoms with van der Waals surface area (Å²) in [4.78, 5) is 22.7. The van der Waals surface area contributed by atoms with Crippen molar-refractivity contribution in [2.45, 2.75) is 26.7 Å². The molecule has 0 aromatic heterocycles. The molecule has 0 amide bonds. The van der Waals surface area contributed by atoms with E-state index in [1.165, 1.54) is 27.2 Å². The van der Waals surface area contributed by atoms with Crippen LogP contribution < -0.4 is 14.2 Å². The lowest BCUT2D eigenvalue weighted by Gasteiger charge is -2.13. The minimum Gasteiger partial charge on any atom is -0.493 e. The first-order chi connectivity index (χ1) is 11.0. The first kappa shape index (κ1) is 18.5. The van der Waals surface area contributed by atoms with Gasteiger partial charge in [-0.2, -0.15) is 0 Å². The molecule has 126 valence electrons. The van der Waals surface area contributed by atoms with Gasteiger partial charge in [0.1, 0.15) is 0 Å². The van der Waals surface area contributed by atoms with Gasteiger partial charge in [-0.3, -0.25) is 4.79 Å². The SMILES string of the molecule is CCCCOC(=O)/C=C/c1cc(OC)c(OC(C)=O)c(OC)c1. The molecule has 1 aromatic rings. The summed E-state index contributed by atoms with van der Waals surface area (Å²) in [5.41, 5.74) is 0.655. The first-order valence-corrected chi connectivity index (χ1v) is 7.31. The minimum absolute atomic E-state index is 0.199. The van der Waals surface area contributed by atoms with E-state index in [-0.39, 0.29) is 5.75 Å². The molecule has 0 aliphatic heterocycles. The number of hydrogen-bond donors (Lipinski definition) is 0. The molecule has 0 aliphatic carbocycles. The molecular formula is C17H22O6. The van der Waals surface area contributed by atoms with Crippen LogP contribution in [0.5, 0.6) is 17.2 Å².